The van der Waals surface area contributed by atoms with Gasteiger partial charge in [-0.05, 0) is 25.1 Å². The molecule has 8 nitrogen and oxygen atoms in total. The zero-order chi connectivity index (χ0) is 19.9. The fraction of sp³-hybridized carbons (Fsp3) is 0.158. The van der Waals surface area contributed by atoms with Crippen molar-refractivity contribution < 1.29 is 13.9 Å². The van der Waals surface area contributed by atoms with E-state index in [2.05, 4.69) is 25.7 Å². The quantitative estimate of drug-likeness (QED) is 0.480. The molecule has 0 aliphatic rings. The molecule has 3 rings (SSSR count). The van der Waals surface area contributed by atoms with Gasteiger partial charge in [0.2, 0.25) is 0 Å². The number of rotatable bonds is 7. The first kappa shape index (κ1) is 19.0. The smallest absolute Gasteiger partial charge is 0.363 e. The monoisotopic (exact) mass is 383 g/mol. The number of para-hydroxylation sites is 1. The average Bonchev–Trinajstić information content (AvgIpc) is 2.70. The van der Waals surface area contributed by atoms with Gasteiger partial charge < -0.3 is 9.47 Å². The summed E-state index contributed by atoms with van der Waals surface area (Å²) in [5.74, 6) is 0.772. The number of nitrogens with zero attached hydrogens (tertiary/aromatic N) is 3. The summed E-state index contributed by atoms with van der Waals surface area (Å²) in [6, 6.07) is 11.6. The minimum atomic E-state index is -0.585. The summed E-state index contributed by atoms with van der Waals surface area (Å²) in [6.45, 7) is 1.70. The Morgan fingerprint density at radius 2 is 2.07 bits per heavy atom. The molecule has 9 heteroatoms. The SMILES string of the molecule is COc1cccc(/C=N/Nc2nc(=O)[nH]nc2C)c1OCc1ccccc1F. The average molecular weight is 383 g/mol. The molecule has 1 aromatic heterocycles. The van der Waals surface area contributed by atoms with Crippen molar-refractivity contribution >= 4 is 12.0 Å². The second kappa shape index (κ2) is 8.76. The van der Waals surface area contributed by atoms with Crippen molar-refractivity contribution in [2.75, 3.05) is 12.5 Å². The fourth-order valence-electron chi connectivity index (χ4n) is 2.38. The summed E-state index contributed by atoms with van der Waals surface area (Å²) in [7, 11) is 1.51. The zero-order valence-corrected chi connectivity index (χ0v) is 15.3. The van der Waals surface area contributed by atoms with E-state index in [1.165, 1.54) is 19.4 Å². The van der Waals surface area contributed by atoms with Crippen molar-refractivity contribution in [1.29, 1.82) is 0 Å². The van der Waals surface area contributed by atoms with Crippen LogP contribution in [0.3, 0.4) is 0 Å². The lowest BCUT2D eigenvalue weighted by Gasteiger charge is -2.13. The molecule has 144 valence electrons. The molecular weight excluding hydrogens is 365 g/mol. The molecule has 28 heavy (non-hydrogen) atoms. The fourth-order valence-corrected chi connectivity index (χ4v) is 2.38. The number of halogens is 1. The van der Waals surface area contributed by atoms with Crippen molar-refractivity contribution in [2.45, 2.75) is 13.5 Å². The van der Waals surface area contributed by atoms with E-state index < -0.39 is 5.69 Å². The largest absolute Gasteiger partial charge is 0.493 e. The molecule has 0 radical (unpaired) electrons. The Balaban J connectivity index is 1.81. The first-order valence-corrected chi connectivity index (χ1v) is 8.34. The highest BCUT2D eigenvalue weighted by atomic mass is 19.1. The highest BCUT2D eigenvalue weighted by Crippen LogP contribution is 2.31. The third-order valence-corrected chi connectivity index (χ3v) is 3.81. The number of hydrogen-bond acceptors (Lipinski definition) is 7. The summed E-state index contributed by atoms with van der Waals surface area (Å²) < 4.78 is 25.0. The van der Waals surface area contributed by atoms with Crippen LogP contribution in [0.4, 0.5) is 10.2 Å². The van der Waals surface area contributed by atoms with Gasteiger partial charge >= 0.3 is 5.69 Å². The van der Waals surface area contributed by atoms with Gasteiger partial charge in [0.05, 0.1) is 13.3 Å². The molecule has 0 atom stereocenters. The molecule has 0 saturated heterocycles. The lowest BCUT2D eigenvalue weighted by molar-refractivity contribution is 0.279. The van der Waals surface area contributed by atoms with Crippen LogP contribution in [0.15, 0.2) is 52.4 Å². The highest BCUT2D eigenvalue weighted by Gasteiger charge is 2.11. The van der Waals surface area contributed by atoms with E-state index in [9.17, 15) is 9.18 Å². The van der Waals surface area contributed by atoms with Gasteiger partial charge in [0, 0.05) is 11.1 Å². The van der Waals surface area contributed by atoms with Crippen molar-refractivity contribution in [3.63, 3.8) is 0 Å². The van der Waals surface area contributed by atoms with Crippen LogP contribution in [-0.2, 0) is 6.61 Å². The van der Waals surface area contributed by atoms with Gasteiger partial charge in [-0.2, -0.15) is 15.2 Å². The molecule has 0 unspecified atom stereocenters. The van der Waals surface area contributed by atoms with E-state index >= 15 is 0 Å². The van der Waals surface area contributed by atoms with Crippen molar-refractivity contribution in [1.82, 2.24) is 15.2 Å². The summed E-state index contributed by atoms with van der Waals surface area (Å²) in [5.41, 5.74) is 3.59. The number of hydrogen-bond donors (Lipinski definition) is 2. The normalized spacial score (nSPS) is 10.8. The highest BCUT2D eigenvalue weighted by molar-refractivity contribution is 5.85. The van der Waals surface area contributed by atoms with Gasteiger partial charge in [-0.3, -0.25) is 5.43 Å². The van der Waals surface area contributed by atoms with E-state index in [-0.39, 0.29) is 18.2 Å². The predicted molar refractivity (Wildman–Crippen MR) is 102 cm³/mol. The standard InChI is InChI=1S/C19H18FN5O3/c1-12-18(22-19(26)25-23-12)24-21-10-13-7-5-9-16(27-2)17(13)28-11-14-6-3-4-8-15(14)20/h3-10H,11H2,1-2H3,(H2,22,24,25,26)/b21-10+. The number of anilines is 1. The van der Waals surface area contributed by atoms with Gasteiger partial charge in [0.25, 0.3) is 0 Å². The Kier molecular flexibility index (Phi) is 5.95. The van der Waals surface area contributed by atoms with Crippen LogP contribution in [0.2, 0.25) is 0 Å². The summed E-state index contributed by atoms with van der Waals surface area (Å²) >= 11 is 0. The molecule has 0 aliphatic heterocycles. The van der Waals surface area contributed by atoms with Crippen LogP contribution in [0.1, 0.15) is 16.8 Å². The van der Waals surface area contributed by atoms with Crippen molar-refractivity contribution in [3.05, 3.63) is 75.6 Å². The molecule has 1 heterocycles. The minimum absolute atomic E-state index is 0.0277. The zero-order valence-electron chi connectivity index (χ0n) is 15.3. The lowest BCUT2D eigenvalue weighted by atomic mass is 10.2. The topological polar surface area (TPSA) is 101 Å². The number of benzene rings is 2. The number of methoxy groups -OCH3 is 1. The molecule has 0 aliphatic carbocycles. The summed E-state index contributed by atoms with van der Waals surface area (Å²) in [6.07, 6.45) is 1.49. The third-order valence-electron chi connectivity index (χ3n) is 3.81. The van der Waals surface area contributed by atoms with Gasteiger partial charge in [0.1, 0.15) is 18.1 Å². The Morgan fingerprint density at radius 3 is 2.86 bits per heavy atom. The van der Waals surface area contributed by atoms with Gasteiger partial charge in [0.15, 0.2) is 17.3 Å². The molecule has 0 spiro atoms. The summed E-state index contributed by atoms with van der Waals surface area (Å²) in [5, 5.41) is 10.1. The molecule has 0 fully saturated rings. The van der Waals surface area contributed by atoms with Crippen molar-refractivity contribution in [3.8, 4) is 11.5 Å². The number of aryl methyl sites for hydroxylation is 1. The van der Waals surface area contributed by atoms with Crippen LogP contribution in [0, 0.1) is 12.7 Å². The van der Waals surface area contributed by atoms with Crippen LogP contribution in [-0.4, -0.2) is 28.5 Å². The van der Waals surface area contributed by atoms with Crippen LogP contribution in [0.5, 0.6) is 11.5 Å². The maximum atomic E-state index is 13.8. The molecule has 3 aromatic rings. The Hall–Kier alpha value is -3.75. The van der Waals surface area contributed by atoms with Crippen LogP contribution >= 0.6 is 0 Å². The minimum Gasteiger partial charge on any atom is -0.493 e. The molecule has 0 saturated carbocycles. The van der Waals surface area contributed by atoms with E-state index in [0.29, 0.717) is 28.3 Å². The van der Waals surface area contributed by atoms with E-state index in [1.54, 1.807) is 43.3 Å². The first-order chi connectivity index (χ1) is 13.6. The van der Waals surface area contributed by atoms with E-state index in [0.717, 1.165) is 0 Å². The number of H-pyrrole nitrogens is 1. The van der Waals surface area contributed by atoms with Crippen molar-refractivity contribution in [2.24, 2.45) is 5.10 Å². The number of aromatic nitrogens is 3. The number of aromatic amines is 1. The van der Waals surface area contributed by atoms with Crippen LogP contribution in [0.25, 0.3) is 0 Å². The number of hydrazone groups is 1. The number of nitrogens with one attached hydrogen (secondary N) is 2. The third kappa shape index (κ3) is 4.50. The van der Waals surface area contributed by atoms with E-state index in [1.807, 2.05) is 0 Å². The molecule has 2 N–H and O–H groups in total. The molecular formula is C19H18FN5O3. The van der Waals surface area contributed by atoms with Gasteiger partial charge in [-0.1, -0.05) is 24.3 Å². The molecule has 2 aromatic carbocycles. The van der Waals surface area contributed by atoms with E-state index in [4.69, 9.17) is 9.47 Å². The lowest BCUT2D eigenvalue weighted by Crippen LogP contribution is -2.15. The second-order valence-corrected chi connectivity index (χ2v) is 5.70. The maximum Gasteiger partial charge on any atom is 0.363 e. The van der Waals surface area contributed by atoms with Gasteiger partial charge in [-0.15, -0.1) is 0 Å². The molecule has 0 bridgehead atoms. The predicted octanol–water partition coefficient (Wildman–Crippen LogP) is 2.65. The Labute approximate surface area is 160 Å². The summed E-state index contributed by atoms with van der Waals surface area (Å²) in [4.78, 5) is 15.0. The Morgan fingerprint density at radius 1 is 1.25 bits per heavy atom. The Bertz CT molecular complexity index is 1050. The maximum absolute atomic E-state index is 13.8. The van der Waals surface area contributed by atoms with Crippen LogP contribution < -0.4 is 20.6 Å². The molecule has 0 amide bonds. The first-order valence-electron chi connectivity index (χ1n) is 8.34. The number of ether oxygens (including phenoxy) is 2. The van der Waals surface area contributed by atoms with Gasteiger partial charge in [-0.25, -0.2) is 14.3 Å². The second-order valence-electron chi connectivity index (χ2n) is 5.70.